The Balaban J connectivity index is 2.28. The molecular formula is C12H22O3S. The summed E-state index contributed by atoms with van der Waals surface area (Å²) in [5, 5.41) is 0. The molecule has 0 radical (unpaired) electrons. The van der Waals surface area contributed by atoms with Gasteiger partial charge in [0, 0.05) is 18.6 Å². The summed E-state index contributed by atoms with van der Waals surface area (Å²) < 4.78 is 21.9. The number of Topliss-reactive ketones (excluding diaryl/α,β-unsaturated/α-hetero) is 1. The van der Waals surface area contributed by atoms with E-state index in [1.807, 2.05) is 0 Å². The van der Waals surface area contributed by atoms with Crippen molar-refractivity contribution in [2.75, 3.05) is 12.0 Å². The molecule has 0 amide bonds. The number of carbonyl (C=O) groups is 1. The van der Waals surface area contributed by atoms with Crippen molar-refractivity contribution in [1.29, 1.82) is 0 Å². The van der Waals surface area contributed by atoms with E-state index in [4.69, 9.17) is 0 Å². The number of hydrogen-bond donors (Lipinski definition) is 0. The molecule has 0 N–H and O–H groups in total. The third-order valence-corrected chi connectivity index (χ3v) is 4.28. The lowest BCUT2D eigenvalue weighted by atomic mass is 9.93. The van der Waals surface area contributed by atoms with Crippen molar-refractivity contribution in [3.05, 3.63) is 0 Å². The molecule has 0 aliphatic heterocycles. The molecule has 0 heterocycles. The van der Waals surface area contributed by atoms with Gasteiger partial charge in [0.05, 0.1) is 5.75 Å². The van der Waals surface area contributed by atoms with E-state index in [1.165, 1.54) is 19.1 Å². The number of rotatable bonds is 5. The first-order chi connectivity index (χ1) is 7.49. The predicted octanol–water partition coefficient (Wildman–Crippen LogP) is 2.35. The first-order valence-corrected chi connectivity index (χ1v) is 8.25. The molecule has 0 aromatic rings. The van der Waals surface area contributed by atoms with Crippen molar-refractivity contribution in [2.24, 2.45) is 5.92 Å². The van der Waals surface area contributed by atoms with Crippen LogP contribution in [0.2, 0.25) is 0 Å². The summed E-state index contributed by atoms with van der Waals surface area (Å²) in [6, 6.07) is 0. The smallest absolute Gasteiger partial charge is 0.147 e. The van der Waals surface area contributed by atoms with E-state index >= 15 is 0 Å². The first kappa shape index (κ1) is 13.7. The van der Waals surface area contributed by atoms with Gasteiger partial charge in [0.1, 0.15) is 15.6 Å². The van der Waals surface area contributed by atoms with Gasteiger partial charge in [-0.3, -0.25) is 4.79 Å². The summed E-state index contributed by atoms with van der Waals surface area (Å²) in [4.78, 5) is 11.8. The molecule has 0 unspecified atom stereocenters. The fourth-order valence-electron chi connectivity index (χ4n) is 2.31. The zero-order valence-electron chi connectivity index (χ0n) is 10.1. The maximum atomic E-state index is 11.8. The van der Waals surface area contributed by atoms with Crippen LogP contribution in [0.15, 0.2) is 0 Å². The quantitative estimate of drug-likeness (QED) is 0.700. The molecule has 0 aromatic carbocycles. The van der Waals surface area contributed by atoms with Crippen molar-refractivity contribution < 1.29 is 13.2 Å². The summed E-state index contributed by atoms with van der Waals surface area (Å²) in [5.74, 6) is 0.637. The molecular weight excluding hydrogens is 224 g/mol. The maximum Gasteiger partial charge on any atom is 0.147 e. The Hall–Kier alpha value is -0.380. The molecule has 1 aliphatic carbocycles. The molecule has 1 fully saturated rings. The highest BCUT2D eigenvalue weighted by atomic mass is 32.2. The highest BCUT2D eigenvalue weighted by molar-refractivity contribution is 7.90. The zero-order valence-corrected chi connectivity index (χ0v) is 10.9. The van der Waals surface area contributed by atoms with Crippen molar-refractivity contribution >= 4 is 15.6 Å². The van der Waals surface area contributed by atoms with Gasteiger partial charge in [0.2, 0.25) is 0 Å². The van der Waals surface area contributed by atoms with E-state index in [0.717, 1.165) is 25.7 Å². The standard InChI is InChI=1S/C12H22O3S/c1-16(14,15)10-6-9-12(13)11-7-4-2-3-5-8-11/h11H,2-10H2,1H3. The molecule has 94 valence electrons. The highest BCUT2D eigenvalue weighted by Crippen LogP contribution is 2.24. The van der Waals surface area contributed by atoms with Crippen molar-refractivity contribution in [3.8, 4) is 0 Å². The molecule has 3 nitrogen and oxygen atoms in total. The first-order valence-electron chi connectivity index (χ1n) is 6.19. The third kappa shape index (κ3) is 5.64. The Labute approximate surface area is 98.5 Å². The van der Waals surface area contributed by atoms with Gasteiger partial charge in [0.15, 0.2) is 0 Å². The Morgan fingerprint density at radius 3 is 2.19 bits per heavy atom. The number of carbonyl (C=O) groups excluding carboxylic acids is 1. The Morgan fingerprint density at radius 2 is 1.69 bits per heavy atom. The van der Waals surface area contributed by atoms with Gasteiger partial charge in [-0.05, 0) is 19.3 Å². The van der Waals surface area contributed by atoms with Crippen molar-refractivity contribution in [2.45, 2.75) is 51.4 Å². The summed E-state index contributed by atoms with van der Waals surface area (Å²) in [7, 11) is -2.91. The van der Waals surface area contributed by atoms with Crippen LogP contribution in [0.25, 0.3) is 0 Å². The second-order valence-electron chi connectivity index (χ2n) is 4.89. The van der Waals surface area contributed by atoms with E-state index < -0.39 is 9.84 Å². The average Bonchev–Trinajstić information content (AvgIpc) is 2.43. The topological polar surface area (TPSA) is 51.2 Å². The molecule has 1 rings (SSSR count). The van der Waals surface area contributed by atoms with Crippen LogP contribution < -0.4 is 0 Å². The number of sulfone groups is 1. The van der Waals surface area contributed by atoms with Crippen LogP contribution in [-0.4, -0.2) is 26.2 Å². The zero-order chi connectivity index (χ0) is 12.0. The molecule has 0 spiro atoms. The van der Waals surface area contributed by atoms with Crippen LogP contribution in [0.3, 0.4) is 0 Å². The monoisotopic (exact) mass is 246 g/mol. The van der Waals surface area contributed by atoms with E-state index in [1.54, 1.807) is 0 Å². The van der Waals surface area contributed by atoms with Crippen LogP contribution in [-0.2, 0) is 14.6 Å². The Morgan fingerprint density at radius 1 is 1.12 bits per heavy atom. The van der Waals surface area contributed by atoms with Gasteiger partial charge in [0.25, 0.3) is 0 Å². The predicted molar refractivity (Wildman–Crippen MR) is 65.1 cm³/mol. The lowest BCUT2D eigenvalue weighted by molar-refractivity contribution is -0.123. The minimum Gasteiger partial charge on any atom is -0.299 e. The summed E-state index contributed by atoms with van der Waals surface area (Å²) in [5.41, 5.74) is 0. The maximum absolute atomic E-state index is 11.8. The third-order valence-electron chi connectivity index (χ3n) is 3.25. The molecule has 0 atom stereocenters. The van der Waals surface area contributed by atoms with Crippen LogP contribution in [0, 0.1) is 5.92 Å². The molecule has 0 bridgehead atoms. The molecule has 0 aromatic heterocycles. The molecule has 16 heavy (non-hydrogen) atoms. The van der Waals surface area contributed by atoms with Crippen LogP contribution in [0.1, 0.15) is 51.4 Å². The van der Waals surface area contributed by atoms with Crippen molar-refractivity contribution in [3.63, 3.8) is 0 Å². The van der Waals surface area contributed by atoms with Gasteiger partial charge in [-0.25, -0.2) is 8.42 Å². The Bertz CT molecular complexity index is 311. The van der Waals surface area contributed by atoms with Gasteiger partial charge < -0.3 is 0 Å². The average molecular weight is 246 g/mol. The largest absolute Gasteiger partial charge is 0.299 e. The van der Waals surface area contributed by atoms with Crippen LogP contribution in [0.5, 0.6) is 0 Å². The summed E-state index contributed by atoms with van der Waals surface area (Å²) in [6.07, 6.45) is 8.98. The van der Waals surface area contributed by atoms with E-state index in [-0.39, 0.29) is 17.5 Å². The van der Waals surface area contributed by atoms with Crippen LogP contribution in [0.4, 0.5) is 0 Å². The van der Waals surface area contributed by atoms with Gasteiger partial charge in [-0.15, -0.1) is 0 Å². The van der Waals surface area contributed by atoms with Gasteiger partial charge >= 0.3 is 0 Å². The highest BCUT2D eigenvalue weighted by Gasteiger charge is 2.19. The Kier molecular flexibility index (Phi) is 5.46. The SMILES string of the molecule is CS(=O)(=O)CCCC(=O)C1CCCCCC1. The second-order valence-corrected chi connectivity index (χ2v) is 7.15. The van der Waals surface area contributed by atoms with Gasteiger partial charge in [-0.2, -0.15) is 0 Å². The lowest BCUT2D eigenvalue weighted by Gasteiger charge is -2.11. The van der Waals surface area contributed by atoms with Gasteiger partial charge in [-0.1, -0.05) is 25.7 Å². The van der Waals surface area contributed by atoms with E-state index in [0.29, 0.717) is 12.8 Å². The molecule has 1 saturated carbocycles. The summed E-state index contributed by atoms with van der Waals surface area (Å²) in [6.45, 7) is 0. The second kappa shape index (κ2) is 6.38. The van der Waals surface area contributed by atoms with E-state index in [2.05, 4.69) is 0 Å². The lowest BCUT2D eigenvalue weighted by Crippen LogP contribution is -2.15. The van der Waals surface area contributed by atoms with Crippen molar-refractivity contribution in [1.82, 2.24) is 0 Å². The molecule has 0 saturated heterocycles. The number of hydrogen-bond acceptors (Lipinski definition) is 3. The normalized spacial score (nSPS) is 19.3. The number of ketones is 1. The molecule has 4 heteroatoms. The van der Waals surface area contributed by atoms with E-state index in [9.17, 15) is 13.2 Å². The fourth-order valence-corrected chi connectivity index (χ4v) is 2.98. The minimum absolute atomic E-state index is 0.144. The van der Waals surface area contributed by atoms with Crippen LogP contribution >= 0.6 is 0 Å². The minimum atomic E-state index is -2.91. The fraction of sp³-hybridized carbons (Fsp3) is 0.917. The molecule has 1 aliphatic rings. The summed E-state index contributed by atoms with van der Waals surface area (Å²) >= 11 is 0.